The van der Waals surface area contributed by atoms with Crippen molar-refractivity contribution in [1.82, 2.24) is 19.4 Å². The van der Waals surface area contributed by atoms with E-state index in [1.54, 1.807) is 0 Å². The van der Waals surface area contributed by atoms with Gasteiger partial charge in [0.15, 0.2) is 0 Å². The van der Waals surface area contributed by atoms with Crippen LogP contribution >= 0.6 is 0 Å². The molecule has 2 aliphatic heterocycles. The van der Waals surface area contributed by atoms with E-state index in [0.29, 0.717) is 12.6 Å². The third kappa shape index (κ3) is 4.87. The number of likely N-dealkylation sites (tertiary alicyclic amines) is 2. The minimum Gasteiger partial charge on any atom is -0.390 e. The summed E-state index contributed by atoms with van der Waals surface area (Å²) in [7, 11) is 0. The molecule has 2 aromatic heterocycles. The molecular formula is C28H43N5O2. The topological polar surface area (TPSA) is 87.6 Å². The predicted octanol–water partition coefficient (Wildman–Crippen LogP) is 3.83. The molecule has 3 N–H and O–H groups in total. The van der Waals surface area contributed by atoms with Crippen molar-refractivity contribution in [3.05, 3.63) is 29.6 Å². The van der Waals surface area contributed by atoms with E-state index in [1.807, 2.05) is 12.3 Å². The highest BCUT2D eigenvalue weighted by Gasteiger charge is 2.34. The number of nitrogens with zero attached hydrogens (tertiary/aromatic N) is 4. The number of aliphatic hydroxyl groups is 1. The lowest BCUT2D eigenvalue weighted by atomic mass is 9.79. The number of carbonyl (C=O) groups excluding carboxylic acids is 1. The lowest BCUT2D eigenvalue weighted by Crippen LogP contribution is -2.44. The number of rotatable bonds is 7. The Morgan fingerprint density at radius 1 is 1.09 bits per heavy atom. The zero-order valence-corrected chi connectivity index (χ0v) is 21.5. The highest BCUT2D eigenvalue weighted by atomic mass is 16.3. The van der Waals surface area contributed by atoms with Crippen LogP contribution in [0, 0.1) is 11.8 Å². The lowest BCUT2D eigenvalue weighted by molar-refractivity contribution is -0.122. The minimum atomic E-state index is -0.246. The summed E-state index contributed by atoms with van der Waals surface area (Å²) >= 11 is 0. The average molecular weight is 482 g/mol. The van der Waals surface area contributed by atoms with Crippen LogP contribution in [0.4, 0.5) is 0 Å². The summed E-state index contributed by atoms with van der Waals surface area (Å²) in [6.45, 7) is 8.46. The van der Waals surface area contributed by atoms with E-state index in [2.05, 4.69) is 34.3 Å². The highest BCUT2D eigenvalue weighted by Crippen LogP contribution is 2.37. The van der Waals surface area contributed by atoms with Crippen LogP contribution in [-0.4, -0.2) is 62.1 Å². The third-order valence-corrected chi connectivity index (χ3v) is 9.25. The first-order chi connectivity index (χ1) is 17.0. The second-order valence-electron chi connectivity index (χ2n) is 11.4. The molecule has 1 aliphatic carbocycles. The molecular weight excluding hydrogens is 438 g/mol. The molecule has 4 heterocycles. The second-order valence-corrected chi connectivity index (χ2v) is 11.4. The van der Waals surface area contributed by atoms with Crippen LogP contribution in [0.5, 0.6) is 0 Å². The van der Waals surface area contributed by atoms with Crippen LogP contribution in [0.1, 0.15) is 82.5 Å². The van der Waals surface area contributed by atoms with Gasteiger partial charge in [-0.05, 0) is 87.4 Å². The molecule has 1 saturated carbocycles. The number of aromatic nitrogens is 2. The molecule has 5 rings (SSSR count). The fourth-order valence-corrected chi connectivity index (χ4v) is 7.18. The predicted molar refractivity (Wildman–Crippen MR) is 139 cm³/mol. The number of hydrogen-bond acceptors (Lipinski definition) is 5. The van der Waals surface area contributed by atoms with Gasteiger partial charge in [-0.25, -0.2) is 4.98 Å². The molecule has 1 amide bonds. The summed E-state index contributed by atoms with van der Waals surface area (Å²) in [5.74, 6) is 1.46. The number of pyridine rings is 1. The van der Waals surface area contributed by atoms with Crippen LogP contribution in [0.2, 0.25) is 0 Å². The Bertz CT molecular complexity index is 1020. The van der Waals surface area contributed by atoms with Gasteiger partial charge in [-0.15, -0.1) is 0 Å². The Labute approximate surface area is 209 Å². The maximum absolute atomic E-state index is 12.0. The molecule has 7 heteroatoms. The van der Waals surface area contributed by atoms with Gasteiger partial charge in [0, 0.05) is 43.3 Å². The Hall–Kier alpha value is -1.96. The molecule has 1 atom stereocenters. The van der Waals surface area contributed by atoms with Gasteiger partial charge in [-0.1, -0.05) is 13.8 Å². The van der Waals surface area contributed by atoms with Crippen LogP contribution in [0.3, 0.4) is 0 Å². The maximum Gasteiger partial charge on any atom is 0.234 e. The largest absolute Gasteiger partial charge is 0.390 e. The van der Waals surface area contributed by atoms with Gasteiger partial charge in [-0.3, -0.25) is 9.69 Å². The van der Waals surface area contributed by atoms with E-state index < -0.39 is 0 Å². The minimum absolute atomic E-state index is 0.0137. The number of hydrogen-bond donors (Lipinski definition) is 2. The van der Waals surface area contributed by atoms with E-state index in [0.717, 1.165) is 85.5 Å². The van der Waals surface area contributed by atoms with Crippen molar-refractivity contribution >= 4 is 16.9 Å². The Kier molecular flexibility index (Phi) is 7.47. The number of fused-ring (bicyclic) bond motifs is 1. The van der Waals surface area contributed by atoms with Gasteiger partial charge in [-0.2, -0.15) is 0 Å². The molecule has 7 nitrogen and oxygen atoms in total. The summed E-state index contributed by atoms with van der Waals surface area (Å²) in [4.78, 5) is 21.7. The molecule has 0 spiro atoms. The number of aliphatic hydroxyl groups excluding tert-OH is 1. The molecule has 0 bridgehead atoms. The Morgan fingerprint density at radius 3 is 2.49 bits per heavy atom. The normalized spacial score (nSPS) is 27.3. The maximum atomic E-state index is 12.0. The van der Waals surface area contributed by atoms with Gasteiger partial charge >= 0.3 is 0 Å². The SMILES string of the molecule is CC(C)C1CCC(N2CCC(n3c(CO)c(CN4CCCC4C(N)=O)c4cccnc43)CC2)CC1. The van der Waals surface area contributed by atoms with Crippen molar-refractivity contribution in [3.8, 4) is 0 Å². The molecule has 0 aromatic carbocycles. The fraction of sp³-hybridized carbons (Fsp3) is 0.714. The molecule has 35 heavy (non-hydrogen) atoms. The van der Waals surface area contributed by atoms with Crippen molar-refractivity contribution in [1.29, 1.82) is 0 Å². The molecule has 3 fully saturated rings. The van der Waals surface area contributed by atoms with Crippen LogP contribution in [0.15, 0.2) is 18.3 Å². The quantitative estimate of drug-likeness (QED) is 0.628. The standard InChI is InChI=1S/C28H43N5O2/c1-19(2)20-7-9-21(10-8-20)31-15-11-22(12-16-31)33-26(18-34)24(23-5-3-13-30-28(23)33)17-32-14-4-6-25(32)27(29)35/h3,5,13,19-22,25,34H,4,6-12,14-18H2,1-2H3,(H2,29,35). The summed E-state index contributed by atoms with van der Waals surface area (Å²) in [5.41, 5.74) is 8.73. The van der Waals surface area contributed by atoms with Gasteiger partial charge in [0.1, 0.15) is 5.65 Å². The number of piperidine rings is 1. The van der Waals surface area contributed by atoms with Crippen molar-refractivity contribution in [2.45, 2.75) is 96.5 Å². The molecule has 1 unspecified atom stereocenters. The summed E-state index contributed by atoms with van der Waals surface area (Å²) in [6.07, 6.45) is 11.2. The van der Waals surface area contributed by atoms with Gasteiger partial charge < -0.3 is 20.3 Å². The van der Waals surface area contributed by atoms with Gasteiger partial charge in [0.05, 0.1) is 18.3 Å². The first-order valence-corrected chi connectivity index (χ1v) is 13.8. The van der Waals surface area contributed by atoms with Gasteiger partial charge in [0.2, 0.25) is 5.91 Å². The Balaban J connectivity index is 1.34. The fourth-order valence-electron chi connectivity index (χ4n) is 7.18. The zero-order chi connectivity index (χ0) is 24.5. The first-order valence-electron chi connectivity index (χ1n) is 13.8. The van der Waals surface area contributed by atoms with E-state index in [-0.39, 0.29) is 18.6 Å². The van der Waals surface area contributed by atoms with Crippen LogP contribution in [-0.2, 0) is 17.9 Å². The number of nitrogens with two attached hydrogens (primary N) is 1. The van der Waals surface area contributed by atoms with E-state index in [4.69, 9.17) is 10.7 Å². The lowest BCUT2D eigenvalue weighted by Gasteiger charge is -2.42. The van der Waals surface area contributed by atoms with Gasteiger partial charge in [0.25, 0.3) is 0 Å². The van der Waals surface area contributed by atoms with E-state index in [9.17, 15) is 9.90 Å². The molecule has 3 aliphatic rings. The summed E-state index contributed by atoms with van der Waals surface area (Å²) in [6, 6.07) is 4.95. The van der Waals surface area contributed by atoms with E-state index >= 15 is 0 Å². The first kappa shape index (κ1) is 24.7. The summed E-state index contributed by atoms with van der Waals surface area (Å²) < 4.78 is 2.33. The Morgan fingerprint density at radius 2 is 1.83 bits per heavy atom. The molecule has 192 valence electrons. The molecule has 2 saturated heterocycles. The number of carbonyl (C=O) groups is 1. The molecule has 0 radical (unpaired) electrons. The van der Waals surface area contributed by atoms with Crippen molar-refractivity contribution in [3.63, 3.8) is 0 Å². The average Bonchev–Trinajstić information content (AvgIpc) is 3.47. The molecule has 2 aromatic rings. The monoisotopic (exact) mass is 481 g/mol. The smallest absolute Gasteiger partial charge is 0.234 e. The summed E-state index contributed by atoms with van der Waals surface area (Å²) in [5, 5.41) is 11.6. The van der Waals surface area contributed by atoms with E-state index in [1.165, 1.54) is 25.7 Å². The number of amides is 1. The van der Waals surface area contributed by atoms with Crippen molar-refractivity contribution < 1.29 is 9.90 Å². The van der Waals surface area contributed by atoms with Crippen LogP contribution < -0.4 is 5.73 Å². The van der Waals surface area contributed by atoms with Crippen molar-refractivity contribution in [2.75, 3.05) is 19.6 Å². The highest BCUT2D eigenvalue weighted by molar-refractivity contribution is 5.83. The van der Waals surface area contributed by atoms with Crippen LogP contribution in [0.25, 0.3) is 11.0 Å². The number of primary amides is 1. The van der Waals surface area contributed by atoms with Crippen molar-refractivity contribution in [2.24, 2.45) is 17.6 Å². The second kappa shape index (κ2) is 10.6. The zero-order valence-electron chi connectivity index (χ0n) is 21.5. The third-order valence-electron chi connectivity index (χ3n) is 9.25.